The molecule has 10 rings (SSSR count). The van der Waals surface area contributed by atoms with Gasteiger partial charge in [-0.25, -0.2) is 4.79 Å². The van der Waals surface area contributed by atoms with Crippen LogP contribution in [0.5, 0.6) is 0 Å². The third-order valence-corrected chi connectivity index (χ3v) is 15.1. The molecular formula is C58H67ClN8O3. The number of benzene rings is 4. The Bertz CT molecular complexity index is 2810. The van der Waals surface area contributed by atoms with Crippen LogP contribution >= 0.6 is 12.4 Å². The maximum Gasteiger partial charge on any atom is 0.335 e. The standard InChI is InChI=1S/C29H32N4O.C17H20N2O2.C12H14N2.ClH/c1-3-24-16-28(32-31-24)27-17-25(19(2)15-26(27)23-5-4-6-23)29(34)33-13-11-22(12-14-33)21-9-7-20(18-30)8-10-21;1-3-12-8-16(19-18-12)15-9-13(17(20)21)10(2)7-14(15)11-5-4-6-11;13-9-10-1-3-11(4-2-10)12-5-7-14-8-6-12;/h7-10,15-17,22-23H,3-6,11-14H2,1-2H3,(H,31,32);7-9,11H,3-6H2,1-2H3,(H,18,19)(H,20,21);1-4,12,14H,5-8H2;1H. The number of aryl methyl sites for hydroxylation is 4. The highest BCUT2D eigenvalue weighted by atomic mass is 35.5. The largest absolute Gasteiger partial charge is 0.478 e. The highest BCUT2D eigenvalue weighted by molar-refractivity contribution is 5.97. The number of H-pyrrole nitrogens is 2. The molecule has 2 aromatic heterocycles. The molecule has 2 saturated carbocycles. The molecule has 0 spiro atoms. The monoisotopic (exact) mass is 959 g/mol. The van der Waals surface area contributed by atoms with Crippen molar-refractivity contribution in [1.82, 2.24) is 30.6 Å². The molecule has 364 valence electrons. The number of rotatable bonds is 10. The second-order valence-corrected chi connectivity index (χ2v) is 19.4. The van der Waals surface area contributed by atoms with Gasteiger partial charge in [0.05, 0.1) is 40.2 Å². The van der Waals surface area contributed by atoms with Crippen molar-refractivity contribution in [3.05, 3.63) is 152 Å². The van der Waals surface area contributed by atoms with Crippen molar-refractivity contribution in [2.75, 3.05) is 26.2 Å². The van der Waals surface area contributed by atoms with E-state index >= 15 is 0 Å². The molecule has 4 heterocycles. The van der Waals surface area contributed by atoms with Crippen LogP contribution in [-0.4, -0.2) is 68.5 Å². The van der Waals surface area contributed by atoms with Crippen molar-refractivity contribution in [2.24, 2.45) is 0 Å². The van der Waals surface area contributed by atoms with E-state index in [1.807, 2.05) is 48.2 Å². The van der Waals surface area contributed by atoms with Gasteiger partial charge >= 0.3 is 5.97 Å². The van der Waals surface area contributed by atoms with Crippen LogP contribution in [0, 0.1) is 36.5 Å². The molecule has 0 atom stereocenters. The van der Waals surface area contributed by atoms with Gasteiger partial charge < -0.3 is 15.3 Å². The molecule has 70 heavy (non-hydrogen) atoms. The van der Waals surface area contributed by atoms with Gasteiger partial charge in [0.25, 0.3) is 5.91 Å². The number of carboxylic acids is 1. The average Bonchev–Trinajstić information content (AvgIpc) is 4.04. The van der Waals surface area contributed by atoms with Crippen LogP contribution in [-0.2, 0) is 12.8 Å². The highest BCUT2D eigenvalue weighted by Gasteiger charge is 2.30. The molecule has 0 bridgehead atoms. The van der Waals surface area contributed by atoms with E-state index in [0.717, 1.165) is 108 Å². The fourth-order valence-electron chi connectivity index (χ4n) is 10.2. The van der Waals surface area contributed by atoms with Gasteiger partial charge in [-0.15, -0.1) is 12.4 Å². The lowest BCUT2D eigenvalue weighted by molar-refractivity contribution is 0.0692. The maximum atomic E-state index is 13.6. The number of carboxylic acid groups (broad SMARTS) is 1. The third kappa shape index (κ3) is 11.9. The quantitative estimate of drug-likeness (QED) is 0.105. The molecule has 0 radical (unpaired) electrons. The fourth-order valence-corrected chi connectivity index (χ4v) is 10.2. The van der Waals surface area contributed by atoms with Gasteiger partial charge in [-0.3, -0.25) is 15.0 Å². The number of nitrogens with one attached hydrogen (secondary N) is 3. The number of aromatic carboxylic acids is 1. The van der Waals surface area contributed by atoms with Gasteiger partial charge in [0.2, 0.25) is 0 Å². The topological polar surface area (TPSA) is 175 Å². The second-order valence-electron chi connectivity index (χ2n) is 19.4. The van der Waals surface area contributed by atoms with Crippen molar-refractivity contribution in [1.29, 1.82) is 10.5 Å². The first-order valence-electron chi connectivity index (χ1n) is 25.2. The van der Waals surface area contributed by atoms with E-state index in [2.05, 4.69) is 101 Å². The van der Waals surface area contributed by atoms with Crippen molar-refractivity contribution in [2.45, 2.75) is 128 Å². The Labute approximate surface area is 419 Å². The number of nitriles is 2. The number of likely N-dealkylation sites (tertiary alicyclic amines) is 1. The first-order valence-corrected chi connectivity index (χ1v) is 25.2. The number of hydrogen-bond donors (Lipinski definition) is 4. The molecule has 4 N–H and O–H groups in total. The summed E-state index contributed by atoms with van der Waals surface area (Å²) in [4.78, 5) is 27.0. The lowest BCUT2D eigenvalue weighted by Crippen LogP contribution is -2.38. The number of carbonyl (C=O) groups excluding carboxylic acids is 1. The summed E-state index contributed by atoms with van der Waals surface area (Å²) in [7, 11) is 0. The molecule has 11 nitrogen and oxygen atoms in total. The van der Waals surface area contributed by atoms with E-state index < -0.39 is 5.97 Å². The number of hydrogen-bond acceptors (Lipinski definition) is 7. The summed E-state index contributed by atoms with van der Waals surface area (Å²) in [5, 5.41) is 45.6. The van der Waals surface area contributed by atoms with Crippen LogP contribution in [0.3, 0.4) is 0 Å². The number of amides is 1. The number of halogens is 1. The lowest BCUT2D eigenvalue weighted by Gasteiger charge is -2.33. The van der Waals surface area contributed by atoms with Crippen molar-refractivity contribution >= 4 is 24.3 Å². The predicted molar refractivity (Wildman–Crippen MR) is 279 cm³/mol. The summed E-state index contributed by atoms with van der Waals surface area (Å²) in [6, 6.07) is 32.6. The molecule has 0 unspecified atom stereocenters. The number of carbonyl (C=O) groups is 2. The highest BCUT2D eigenvalue weighted by Crippen LogP contribution is 2.44. The van der Waals surface area contributed by atoms with Gasteiger partial charge in [-0.05, 0) is 197 Å². The molecule has 4 aromatic carbocycles. The Morgan fingerprint density at radius 1 is 0.614 bits per heavy atom. The first-order chi connectivity index (χ1) is 33.6. The van der Waals surface area contributed by atoms with Crippen molar-refractivity contribution in [3.8, 4) is 34.7 Å². The van der Waals surface area contributed by atoms with Gasteiger partial charge in [-0.2, -0.15) is 20.7 Å². The van der Waals surface area contributed by atoms with Crippen LogP contribution in [0.25, 0.3) is 22.5 Å². The van der Waals surface area contributed by atoms with Crippen LogP contribution in [0.2, 0.25) is 0 Å². The van der Waals surface area contributed by atoms with E-state index in [-0.39, 0.29) is 18.3 Å². The van der Waals surface area contributed by atoms with Crippen LogP contribution in [0.15, 0.2) is 84.9 Å². The summed E-state index contributed by atoms with van der Waals surface area (Å²) < 4.78 is 0. The third-order valence-electron chi connectivity index (χ3n) is 15.1. The number of aromatic nitrogens is 4. The summed E-state index contributed by atoms with van der Waals surface area (Å²) in [5.74, 6) is 1.49. The first kappa shape index (κ1) is 51.3. The Balaban J connectivity index is 0.000000170. The zero-order chi connectivity index (χ0) is 48.4. The normalized spacial score (nSPS) is 16.2. The number of nitrogens with zero attached hydrogens (tertiary/aromatic N) is 5. The summed E-state index contributed by atoms with van der Waals surface area (Å²) in [6.07, 6.45) is 13.5. The molecule has 4 aliphatic rings. The van der Waals surface area contributed by atoms with Gasteiger partial charge in [0, 0.05) is 41.2 Å². The Hall–Kier alpha value is -6.53. The van der Waals surface area contributed by atoms with E-state index in [4.69, 9.17) is 10.5 Å². The lowest BCUT2D eigenvalue weighted by atomic mass is 9.76. The van der Waals surface area contributed by atoms with Crippen molar-refractivity contribution in [3.63, 3.8) is 0 Å². The summed E-state index contributed by atoms with van der Waals surface area (Å²) >= 11 is 0. The zero-order valence-electron chi connectivity index (χ0n) is 41.1. The molecule has 2 aliphatic heterocycles. The Kier molecular flexibility index (Phi) is 17.5. The average molecular weight is 960 g/mol. The zero-order valence-corrected chi connectivity index (χ0v) is 41.9. The van der Waals surface area contributed by atoms with Gasteiger partial charge in [-0.1, -0.05) is 63.1 Å². The van der Waals surface area contributed by atoms with Crippen molar-refractivity contribution < 1.29 is 14.7 Å². The molecule has 1 amide bonds. The molecule has 4 fully saturated rings. The van der Waals surface area contributed by atoms with Gasteiger partial charge in [0.1, 0.15) is 0 Å². The number of piperidine rings is 2. The minimum atomic E-state index is -0.875. The SMILES string of the molecule is CCc1cc(-c2cc(C(=O)N3CCC(c4ccc(C#N)cc4)CC3)c(C)cc2C2CCC2)n[nH]1.CCc1cc(-c2cc(C(=O)O)c(C)cc2C2CCC2)n[nH]1.Cl.N#Cc1ccc(C2CCNCC2)cc1. The predicted octanol–water partition coefficient (Wildman–Crippen LogP) is 12.5. The molecule has 2 saturated heterocycles. The van der Waals surface area contributed by atoms with E-state index in [9.17, 15) is 14.7 Å². The van der Waals surface area contributed by atoms with Crippen LogP contribution < -0.4 is 5.32 Å². The van der Waals surface area contributed by atoms with E-state index in [0.29, 0.717) is 34.8 Å². The molecule has 6 aromatic rings. The van der Waals surface area contributed by atoms with E-state index in [1.54, 1.807) is 6.07 Å². The Morgan fingerprint density at radius 2 is 1.04 bits per heavy atom. The van der Waals surface area contributed by atoms with Crippen LogP contribution in [0.4, 0.5) is 0 Å². The minimum Gasteiger partial charge on any atom is -0.478 e. The Morgan fingerprint density at radius 3 is 1.43 bits per heavy atom. The summed E-state index contributed by atoms with van der Waals surface area (Å²) in [5.41, 5.74) is 15.8. The second kappa shape index (κ2) is 23.9. The van der Waals surface area contributed by atoms with Gasteiger partial charge in [0.15, 0.2) is 0 Å². The smallest absolute Gasteiger partial charge is 0.335 e. The molecule has 12 heteroatoms. The fraction of sp³-hybridized carbons (Fsp3) is 0.414. The maximum absolute atomic E-state index is 13.6. The minimum absolute atomic E-state index is 0. The van der Waals surface area contributed by atoms with E-state index in [1.165, 1.54) is 73.6 Å². The molecular weight excluding hydrogens is 892 g/mol. The summed E-state index contributed by atoms with van der Waals surface area (Å²) in [6.45, 7) is 11.9. The van der Waals surface area contributed by atoms with Crippen LogP contribution in [0.1, 0.15) is 178 Å². The number of aromatic amines is 2. The molecule has 2 aliphatic carbocycles.